The lowest BCUT2D eigenvalue weighted by molar-refractivity contribution is -0.108. The SMILES string of the molecule is C[C@@H]1[C@@H](N=C(Nc2ccc3c(=O)n(CCc4ccc(F)cc4)c(CCc4ccccc4)nc3c2)N2CCN[C@@H](C)C2)C[C@H]2C[C@@H]1C2(C)C. The van der Waals surface area contributed by atoms with Crippen molar-refractivity contribution in [2.45, 2.75) is 78.4 Å². The van der Waals surface area contributed by atoms with E-state index in [1.165, 1.54) is 24.1 Å². The number of fused-ring (bicyclic) bond motifs is 3. The minimum atomic E-state index is -0.260. The number of aliphatic imine (C=N–C) groups is 1. The molecule has 3 aromatic carbocycles. The molecule has 252 valence electrons. The molecule has 1 saturated heterocycles. The van der Waals surface area contributed by atoms with E-state index >= 15 is 0 Å². The summed E-state index contributed by atoms with van der Waals surface area (Å²) in [5, 5.41) is 7.88. The second-order valence-corrected chi connectivity index (χ2v) is 15.0. The van der Waals surface area contributed by atoms with Crippen molar-refractivity contribution in [3.63, 3.8) is 0 Å². The summed E-state index contributed by atoms with van der Waals surface area (Å²) in [5.74, 6) is 3.43. The van der Waals surface area contributed by atoms with Crippen LogP contribution in [0, 0.1) is 29.0 Å². The number of nitrogens with one attached hydrogen (secondary N) is 2. The molecule has 2 bridgehead atoms. The molecule has 4 aromatic rings. The molecule has 8 heteroatoms. The Bertz CT molecular complexity index is 1830. The van der Waals surface area contributed by atoms with Crippen LogP contribution in [0.1, 0.15) is 57.5 Å². The average molecular weight is 649 g/mol. The predicted octanol–water partition coefficient (Wildman–Crippen LogP) is 6.70. The van der Waals surface area contributed by atoms with Gasteiger partial charge in [0.2, 0.25) is 0 Å². The molecule has 8 rings (SSSR count). The molecule has 4 aliphatic rings. The molecule has 0 amide bonds. The zero-order valence-electron chi connectivity index (χ0n) is 28.8. The lowest BCUT2D eigenvalue weighted by Gasteiger charge is -2.61. The molecule has 48 heavy (non-hydrogen) atoms. The van der Waals surface area contributed by atoms with Crippen molar-refractivity contribution < 1.29 is 4.39 Å². The molecule has 3 aliphatic carbocycles. The topological polar surface area (TPSA) is 74.5 Å². The lowest BCUT2D eigenvalue weighted by atomic mass is 9.45. The number of guanidine groups is 1. The first-order valence-electron chi connectivity index (χ1n) is 17.8. The van der Waals surface area contributed by atoms with Gasteiger partial charge in [0, 0.05) is 44.3 Å². The zero-order chi connectivity index (χ0) is 33.4. The van der Waals surface area contributed by atoms with Gasteiger partial charge in [-0.15, -0.1) is 0 Å². The van der Waals surface area contributed by atoms with Crippen LogP contribution in [0.2, 0.25) is 0 Å². The molecule has 2 N–H and O–H groups in total. The molecular weight excluding hydrogens is 599 g/mol. The van der Waals surface area contributed by atoms with E-state index in [4.69, 9.17) is 9.98 Å². The van der Waals surface area contributed by atoms with E-state index < -0.39 is 0 Å². The first-order valence-corrected chi connectivity index (χ1v) is 17.8. The van der Waals surface area contributed by atoms with Crippen LogP contribution in [-0.4, -0.2) is 52.1 Å². The van der Waals surface area contributed by atoms with Gasteiger partial charge in [0.05, 0.1) is 16.9 Å². The van der Waals surface area contributed by atoms with Gasteiger partial charge in [-0.05, 0) is 97.2 Å². The fourth-order valence-electron chi connectivity index (χ4n) is 8.46. The van der Waals surface area contributed by atoms with E-state index in [0.29, 0.717) is 53.7 Å². The normalized spacial score (nSPS) is 25.1. The number of aromatic nitrogens is 2. The van der Waals surface area contributed by atoms with Crippen molar-refractivity contribution in [3.05, 3.63) is 106 Å². The fourth-order valence-corrected chi connectivity index (χ4v) is 8.46. The Hall–Kier alpha value is -4.04. The first kappa shape index (κ1) is 32.5. The number of benzene rings is 3. The Morgan fingerprint density at radius 3 is 2.50 bits per heavy atom. The Kier molecular flexibility index (Phi) is 9.12. The Morgan fingerprint density at radius 2 is 1.77 bits per heavy atom. The molecule has 0 unspecified atom stereocenters. The molecule has 1 aromatic heterocycles. The molecule has 2 heterocycles. The maximum atomic E-state index is 14.0. The summed E-state index contributed by atoms with van der Waals surface area (Å²) >= 11 is 0. The van der Waals surface area contributed by atoms with Crippen LogP contribution in [0.15, 0.2) is 82.6 Å². The highest BCUT2D eigenvalue weighted by molar-refractivity contribution is 5.96. The number of rotatable bonds is 8. The number of aryl methyl sites for hydroxylation is 3. The average Bonchev–Trinajstić information content (AvgIpc) is 3.08. The van der Waals surface area contributed by atoms with Crippen molar-refractivity contribution >= 4 is 22.5 Å². The largest absolute Gasteiger partial charge is 0.340 e. The van der Waals surface area contributed by atoms with Crippen LogP contribution >= 0.6 is 0 Å². The number of piperazine rings is 1. The summed E-state index contributed by atoms with van der Waals surface area (Å²) in [6.45, 7) is 12.7. The zero-order valence-corrected chi connectivity index (χ0v) is 28.8. The number of hydrogen-bond acceptors (Lipinski definition) is 4. The Labute approximate surface area is 283 Å². The van der Waals surface area contributed by atoms with E-state index in [2.05, 4.69) is 55.4 Å². The van der Waals surface area contributed by atoms with Crippen molar-refractivity contribution in [3.8, 4) is 0 Å². The highest BCUT2D eigenvalue weighted by Gasteiger charge is 2.56. The van der Waals surface area contributed by atoms with Crippen molar-refractivity contribution in [2.24, 2.45) is 28.2 Å². The van der Waals surface area contributed by atoms with Crippen LogP contribution in [0.25, 0.3) is 10.9 Å². The minimum absolute atomic E-state index is 0.0422. The van der Waals surface area contributed by atoms with Crippen molar-refractivity contribution in [2.75, 3.05) is 25.0 Å². The van der Waals surface area contributed by atoms with E-state index in [1.54, 1.807) is 12.1 Å². The van der Waals surface area contributed by atoms with Crippen LogP contribution in [0.4, 0.5) is 10.1 Å². The van der Waals surface area contributed by atoms with Gasteiger partial charge in [-0.1, -0.05) is 63.2 Å². The van der Waals surface area contributed by atoms with Gasteiger partial charge in [0.15, 0.2) is 5.96 Å². The smallest absolute Gasteiger partial charge is 0.261 e. The van der Waals surface area contributed by atoms with Gasteiger partial charge in [-0.2, -0.15) is 0 Å². The highest BCUT2D eigenvalue weighted by Crippen LogP contribution is 2.61. The summed E-state index contributed by atoms with van der Waals surface area (Å²) in [4.78, 5) is 27.0. The molecule has 3 saturated carbocycles. The van der Waals surface area contributed by atoms with Gasteiger partial charge in [-0.25, -0.2) is 14.4 Å². The third-order valence-electron chi connectivity index (χ3n) is 11.6. The van der Waals surface area contributed by atoms with Crippen molar-refractivity contribution in [1.29, 1.82) is 0 Å². The summed E-state index contributed by atoms with van der Waals surface area (Å²) < 4.78 is 15.4. The second-order valence-electron chi connectivity index (χ2n) is 15.0. The maximum Gasteiger partial charge on any atom is 0.261 e. The minimum Gasteiger partial charge on any atom is -0.340 e. The lowest BCUT2D eigenvalue weighted by Crippen LogP contribution is -2.57. The van der Waals surface area contributed by atoms with E-state index in [1.807, 2.05) is 41.0 Å². The summed E-state index contributed by atoms with van der Waals surface area (Å²) in [5.41, 5.74) is 4.14. The van der Waals surface area contributed by atoms with Crippen LogP contribution in [0.5, 0.6) is 0 Å². The van der Waals surface area contributed by atoms with Gasteiger partial charge in [-0.3, -0.25) is 9.36 Å². The third-order valence-corrected chi connectivity index (χ3v) is 11.6. The van der Waals surface area contributed by atoms with Gasteiger partial charge < -0.3 is 15.5 Å². The van der Waals surface area contributed by atoms with Crippen LogP contribution in [-0.2, 0) is 25.8 Å². The molecular formula is C40H49FN6O. The quantitative estimate of drug-likeness (QED) is 0.164. The number of halogens is 1. The number of nitrogens with zero attached hydrogens (tertiary/aromatic N) is 4. The maximum absolute atomic E-state index is 14.0. The fraction of sp³-hybridized carbons (Fsp3) is 0.475. The number of anilines is 1. The summed E-state index contributed by atoms with van der Waals surface area (Å²) in [6, 6.07) is 23.4. The molecule has 0 spiro atoms. The van der Waals surface area contributed by atoms with Crippen LogP contribution in [0.3, 0.4) is 0 Å². The monoisotopic (exact) mass is 648 g/mol. The highest BCUT2D eigenvalue weighted by atomic mass is 19.1. The van der Waals surface area contributed by atoms with E-state index in [0.717, 1.165) is 67.3 Å². The Morgan fingerprint density at radius 1 is 1.00 bits per heavy atom. The summed E-state index contributed by atoms with van der Waals surface area (Å²) in [7, 11) is 0. The van der Waals surface area contributed by atoms with Gasteiger partial charge in [0.25, 0.3) is 5.56 Å². The number of hydrogen-bond donors (Lipinski definition) is 2. The van der Waals surface area contributed by atoms with Crippen LogP contribution < -0.4 is 16.2 Å². The third kappa shape index (κ3) is 6.64. The molecule has 5 atom stereocenters. The molecule has 0 radical (unpaired) electrons. The van der Waals surface area contributed by atoms with E-state index in [9.17, 15) is 9.18 Å². The van der Waals surface area contributed by atoms with E-state index in [-0.39, 0.29) is 11.4 Å². The first-order chi connectivity index (χ1) is 23.2. The molecule has 7 nitrogen and oxygen atoms in total. The summed E-state index contributed by atoms with van der Waals surface area (Å²) in [6.07, 6.45) is 4.51. The molecule has 4 fully saturated rings. The predicted molar refractivity (Wildman–Crippen MR) is 193 cm³/mol. The van der Waals surface area contributed by atoms with Crippen molar-refractivity contribution in [1.82, 2.24) is 19.8 Å². The molecule has 1 aliphatic heterocycles. The van der Waals surface area contributed by atoms with Gasteiger partial charge >= 0.3 is 0 Å². The van der Waals surface area contributed by atoms with Gasteiger partial charge in [0.1, 0.15) is 11.6 Å². The second kappa shape index (κ2) is 13.5. The standard InChI is InChI=1S/C40H49FN6O/c1-26-25-46(21-19-42-26)39(45-35-23-30-22-34(27(35)2)40(30,3)4)43-32-15-16-33-36(24-32)44-37(17-12-28-8-6-5-7-9-28)47(38(33)48)20-18-29-10-13-31(41)14-11-29/h5-11,13-16,24,26-27,30,34-35,42H,12,17-23,25H2,1-4H3,(H,43,45)/t26-,27-,30+,34-,35-/m0/s1. The Balaban J connectivity index is 1.20.